The van der Waals surface area contributed by atoms with Gasteiger partial charge in [-0.15, -0.1) is 11.3 Å². The number of primary amides is 1. The van der Waals surface area contributed by atoms with E-state index in [2.05, 4.69) is 22.2 Å². The van der Waals surface area contributed by atoms with Gasteiger partial charge >= 0.3 is 6.09 Å². The summed E-state index contributed by atoms with van der Waals surface area (Å²) >= 11 is 1.89. The first kappa shape index (κ1) is 16.0. The molecule has 7 heteroatoms. The van der Waals surface area contributed by atoms with Crippen molar-refractivity contribution in [3.8, 4) is 0 Å². The molecule has 1 saturated carbocycles. The number of nitro groups is 1. The fourth-order valence-corrected chi connectivity index (χ4v) is 2.66. The van der Waals surface area contributed by atoms with Crippen LogP contribution in [0.15, 0.2) is 41.8 Å². The van der Waals surface area contributed by atoms with Gasteiger partial charge in [0.2, 0.25) is 0 Å². The third-order valence-electron chi connectivity index (χ3n) is 3.05. The second kappa shape index (κ2) is 7.56. The Morgan fingerprint density at radius 1 is 1.32 bits per heavy atom. The van der Waals surface area contributed by atoms with Crippen molar-refractivity contribution in [2.24, 2.45) is 5.73 Å². The Morgan fingerprint density at radius 3 is 2.45 bits per heavy atom. The fraction of sp³-hybridized carbons (Fsp3) is 0.267. The number of rotatable bonds is 4. The number of non-ortho nitro benzene ring substituents is 1. The van der Waals surface area contributed by atoms with E-state index in [0.717, 1.165) is 5.92 Å². The molecule has 3 rings (SSSR count). The first-order valence-corrected chi connectivity index (χ1v) is 7.63. The molecular formula is C15H16N2O4S. The first-order valence-electron chi connectivity index (χ1n) is 6.75. The van der Waals surface area contributed by atoms with Gasteiger partial charge in [-0.3, -0.25) is 10.1 Å². The topological polar surface area (TPSA) is 95.5 Å². The summed E-state index contributed by atoms with van der Waals surface area (Å²) in [5.41, 5.74) is 5.39. The van der Waals surface area contributed by atoms with E-state index in [1.54, 1.807) is 4.88 Å². The van der Waals surface area contributed by atoms with Crippen LogP contribution in [0.3, 0.4) is 0 Å². The lowest BCUT2D eigenvalue weighted by molar-refractivity contribution is -0.384. The summed E-state index contributed by atoms with van der Waals surface area (Å²) < 4.78 is 4.50. The van der Waals surface area contributed by atoms with Crippen LogP contribution in [0.25, 0.3) is 0 Å². The van der Waals surface area contributed by atoms with Gasteiger partial charge in [0.25, 0.3) is 5.69 Å². The monoisotopic (exact) mass is 320 g/mol. The Labute approximate surface area is 131 Å². The molecule has 0 spiro atoms. The fourth-order valence-electron chi connectivity index (χ4n) is 1.76. The molecule has 1 aliphatic carbocycles. The maximum atomic E-state index is 10.3. The number of amides is 1. The quantitative estimate of drug-likeness (QED) is 0.684. The predicted octanol–water partition coefficient (Wildman–Crippen LogP) is 3.82. The highest BCUT2D eigenvalue weighted by Gasteiger charge is 2.23. The van der Waals surface area contributed by atoms with Crippen LogP contribution in [-0.4, -0.2) is 11.0 Å². The minimum Gasteiger partial charge on any atom is -0.445 e. The molecular weight excluding hydrogens is 304 g/mol. The minimum atomic E-state index is -0.872. The van der Waals surface area contributed by atoms with Gasteiger partial charge in [0, 0.05) is 17.0 Å². The Balaban J connectivity index is 0.000000183. The van der Waals surface area contributed by atoms with Crippen molar-refractivity contribution in [2.45, 2.75) is 25.4 Å². The van der Waals surface area contributed by atoms with Gasteiger partial charge in [0.05, 0.1) is 4.92 Å². The molecule has 22 heavy (non-hydrogen) atoms. The third kappa shape index (κ3) is 5.17. The van der Waals surface area contributed by atoms with Crippen molar-refractivity contribution in [3.63, 3.8) is 0 Å². The number of carbonyl (C=O) groups is 1. The number of carbonyl (C=O) groups excluding carboxylic acids is 1. The first-order chi connectivity index (χ1) is 10.6. The Bertz CT molecular complexity index is 622. The molecule has 0 radical (unpaired) electrons. The Morgan fingerprint density at radius 2 is 2.00 bits per heavy atom. The zero-order chi connectivity index (χ0) is 15.9. The second-order valence-electron chi connectivity index (χ2n) is 4.82. The average Bonchev–Trinajstić information content (AvgIpc) is 3.21. The number of hydrogen-bond donors (Lipinski definition) is 1. The summed E-state index contributed by atoms with van der Waals surface area (Å²) in [7, 11) is 0. The number of nitro benzene ring substituents is 1. The Hall–Kier alpha value is -2.41. The van der Waals surface area contributed by atoms with Crippen molar-refractivity contribution >= 4 is 23.1 Å². The maximum Gasteiger partial charge on any atom is 0.404 e. The second-order valence-corrected chi connectivity index (χ2v) is 5.80. The van der Waals surface area contributed by atoms with Crippen LogP contribution < -0.4 is 5.73 Å². The van der Waals surface area contributed by atoms with Crippen molar-refractivity contribution in [1.82, 2.24) is 0 Å². The van der Waals surface area contributed by atoms with Gasteiger partial charge < -0.3 is 10.5 Å². The van der Waals surface area contributed by atoms with E-state index in [9.17, 15) is 14.9 Å². The number of hydrogen-bond acceptors (Lipinski definition) is 5. The average molecular weight is 320 g/mol. The van der Waals surface area contributed by atoms with E-state index < -0.39 is 11.0 Å². The smallest absolute Gasteiger partial charge is 0.404 e. The molecule has 0 unspecified atom stereocenters. The van der Waals surface area contributed by atoms with Crippen molar-refractivity contribution in [3.05, 3.63) is 62.3 Å². The SMILES string of the molecule is NC(=O)OCc1ccc([N+](=O)[O-])cc1.c1csc(C2CC2)c1. The highest BCUT2D eigenvalue weighted by atomic mass is 32.1. The molecule has 6 nitrogen and oxygen atoms in total. The molecule has 1 fully saturated rings. The van der Waals surface area contributed by atoms with Crippen LogP contribution in [-0.2, 0) is 11.3 Å². The van der Waals surface area contributed by atoms with Crippen LogP contribution in [0.2, 0.25) is 0 Å². The molecule has 116 valence electrons. The molecule has 1 aromatic heterocycles. The normalized spacial score (nSPS) is 12.9. The van der Waals surface area contributed by atoms with Crippen molar-refractivity contribution in [1.29, 1.82) is 0 Å². The molecule has 0 bridgehead atoms. The van der Waals surface area contributed by atoms with Gasteiger partial charge in [-0.25, -0.2) is 4.79 Å². The van der Waals surface area contributed by atoms with Gasteiger partial charge in [0.1, 0.15) is 6.61 Å². The van der Waals surface area contributed by atoms with Gasteiger partial charge in [0.15, 0.2) is 0 Å². The summed E-state index contributed by atoms with van der Waals surface area (Å²) in [5, 5.41) is 12.4. The molecule has 1 aliphatic rings. The van der Waals surface area contributed by atoms with E-state index in [1.165, 1.54) is 37.1 Å². The van der Waals surface area contributed by atoms with Crippen LogP contribution in [0.5, 0.6) is 0 Å². The lowest BCUT2D eigenvalue weighted by Crippen LogP contribution is -2.12. The third-order valence-corrected chi connectivity index (χ3v) is 4.09. The molecule has 1 heterocycles. The summed E-state index contributed by atoms with van der Waals surface area (Å²) in [6.45, 7) is 0.0212. The van der Waals surface area contributed by atoms with E-state index >= 15 is 0 Å². The zero-order valence-electron chi connectivity index (χ0n) is 11.8. The molecule has 1 amide bonds. The molecule has 0 saturated heterocycles. The summed E-state index contributed by atoms with van der Waals surface area (Å²) in [6, 6.07) is 10.0. The van der Waals surface area contributed by atoms with Crippen LogP contribution in [0.4, 0.5) is 10.5 Å². The number of thiophene rings is 1. The van der Waals surface area contributed by atoms with Gasteiger partial charge in [-0.2, -0.15) is 0 Å². The van der Waals surface area contributed by atoms with E-state index in [0.29, 0.717) is 5.56 Å². The van der Waals surface area contributed by atoms with Gasteiger partial charge in [-0.1, -0.05) is 6.07 Å². The van der Waals surface area contributed by atoms with Crippen LogP contribution >= 0.6 is 11.3 Å². The largest absolute Gasteiger partial charge is 0.445 e. The Kier molecular flexibility index (Phi) is 5.48. The summed E-state index contributed by atoms with van der Waals surface area (Å²) in [5.74, 6) is 0.954. The highest BCUT2D eigenvalue weighted by molar-refractivity contribution is 7.10. The van der Waals surface area contributed by atoms with Gasteiger partial charge in [-0.05, 0) is 47.9 Å². The minimum absolute atomic E-state index is 0.00664. The highest BCUT2D eigenvalue weighted by Crippen LogP contribution is 2.41. The molecule has 2 N–H and O–H groups in total. The van der Waals surface area contributed by atoms with E-state index in [1.807, 2.05) is 11.3 Å². The lowest BCUT2D eigenvalue weighted by Gasteiger charge is -2.00. The summed E-state index contributed by atoms with van der Waals surface area (Å²) in [4.78, 5) is 21.6. The van der Waals surface area contributed by atoms with Crippen LogP contribution in [0, 0.1) is 10.1 Å². The molecule has 2 aromatic rings. The standard InChI is InChI=1S/C8H8N2O4.C7H8S/c9-8(11)14-5-6-1-3-7(4-2-6)10(12)13;1-2-7(8-5-1)6-3-4-6/h1-4H,5H2,(H2,9,11);1-2,5-6H,3-4H2. The summed E-state index contributed by atoms with van der Waals surface area (Å²) in [6.07, 6.45) is 1.99. The zero-order valence-corrected chi connectivity index (χ0v) is 12.6. The number of nitrogens with zero attached hydrogens (tertiary/aromatic N) is 1. The maximum absolute atomic E-state index is 10.3. The van der Waals surface area contributed by atoms with Crippen molar-refractivity contribution < 1.29 is 14.5 Å². The number of nitrogens with two attached hydrogens (primary N) is 1. The lowest BCUT2D eigenvalue weighted by atomic mass is 10.2. The molecule has 1 aromatic carbocycles. The van der Waals surface area contributed by atoms with Crippen molar-refractivity contribution in [2.75, 3.05) is 0 Å². The number of ether oxygens (including phenoxy) is 1. The molecule has 0 aliphatic heterocycles. The van der Waals surface area contributed by atoms with Crippen LogP contribution in [0.1, 0.15) is 29.2 Å². The number of benzene rings is 1. The molecule has 0 atom stereocenters. The van der Waals surface area contributed by atoms with E-state index in [-0.39, 0.29) is 12.3 Å². The van der Waals surface area contributed by atoms with E-state index in [4.69, 9.17) is 5.73 Å². The predicted molar refractivity (Wildman–Crippen MR) is 83.8 cm³/mol.